The summed E-state index contributed by atoms with van der Waals surface area (Å²) in [6, 6.07) is 0. The van der Waals surface area contributed by atoms with Crippen molar-refractivity contribution < 1.29 is 4.39 Å². The van der Waals surface area contributed by atoms with Gasteiger partial charge in [-0.05, 0) is 38.5 Å². The molecular weight excluding hydrogens is 129 g/mol. The van der Waals surface area contributed by atoms with E-state index in [2.05, 4.69) is 0 Å². The maximum Gasteiger partial charge on any atom is 0.111 e. The van der Waals surface area contributed by atoms with E-state index in [0.29, 0.717) is 18.8 Å². The molecule has 0 unspecified atom stereocenters. The first-order valence-corrected chi connectivity index (χ1v) is 4.00. The van der Waals surface area contributed by atoms with Crippen LogP contribution >= 0.6 is 0 Å². The number of nitrogens with two attached hydrogens (primary N) is 1. The highest BCUT2D eigenvalue weighted by atomic mass is 19.1. The number of hydrogen-bond acceptors (Lipinski definition) is 1. The molecular formula is C8H14FN. The smallest absolute Gasteiger partial charge is 0.111 e. The molecule has 0 spiro atoms. The molecule has 2 saturated carbocycles. The minimum absolute atomic E-state index is 0.108. The number of rotatable bonds is 1. The molecule has 0 radical (unpaired) electrons. The van der Waals surface area contributed by atoms with Crippen LogP contribution in [0.1, 0.15) is 32.6 Å². The van der Waals surface area contributed by atoms with Crippen LogP contribution in [0.25, 0.3) is 0 Å². The second-order valence-corrected chi connectivity index (χ2v) is 4.27. The average molecular weight is 143 g/mol. The van der Waals surface area contributed by atoms with Crippen LogP contribution < -0.4 is 5.73 Å². The molecule has 1 nitrogen and oxygen atoms in total. The predicted molar refractivity (Wildman–Crippen MR) is 38.4 cm³/mol. The Morgan fingerprint density at radius 3 is 2.20 bits per heavy atom. The first-order valence-electron chi connectivity index (χ1n) is 4.00. The molecule has 0 atom stereocenters. The maximum atomic E-state index is 13.0. The lowest BCUT2D eigenvalue weighted by Gasteiger charge is -2.48. The van der Waals surface area contributed by atoms with E-state index in [1.165, 1.54) is 12.8 Å². The number of halogens is 1. The fourth-order valence-electron chi connectivity index (χ4n) is 2.27. The van der Waals surface area contributed by atoms with Gasteiger partial charge in [0.05, 0.1) is 0 Å². The van der Waals surface area contributed by atoms with Gasteiger partial charge < -0.3 is 5.73 Å². The topological polar surface area (TPSA) is 26.0 Å². The molecule has 0 amide bonds. The van der Waals surface area contributed by atoms with E-state index in [4.69, 9.17) is 5.73 Å². The third-order valence-corrected chi connectivity index (χ3v) is 2.79. The summed E-state index contributed by atoms with van der Waals surface area (Å²) in [6.07, 6.45) is 3.63. The molecule has 0 aromatic rings. The molecule has 0 aromatic carbocycles. The molecule has 2 heteroatoms. The van der Waals surface area contributed by atoms with Gasteiger partial charge in [0.25, 0.3) is 0 Å². The van der Waals surface area contributed by atoms with E-state index in [-0.39, 0.29) is 5.54 Å². The molecule has 2 N–H and O–H groups in total. The summed E-state index contributed by atoms with van der Waals surface area (Å²) < 4.78 is 13.0. The van der Waals surface area contributed by atoms with Crippen LogP contribution in [0.4, 0.5) is 4.39 Å². The minimum Gasteiger partial charge on any atom is -0.325 e. The third kappa shape index (κ3) is 0.858. The largest absolute Gasteiger partial charge is 0.325 e. The van der Waals surface area contributed by atoms with E-state index < -0.39 is 5.67 Å². The van der Waals surface area contributed by atoms with Crippen molar-refractivity contribution in [2.75, 3.05) is 0 Å². The van der Waals surface area contributed by atoms with E-state index in [1.54, 1.807) is 6.92 Å². The van der Waals surface area contributed by atoms with Crippen molar-refractivity contribution in [2.45, 2.75) is 43.8 Å². The van der Waals surface area contributed by atoms with Gasteiger partial charge in [-0.15, -0.1) is 0 Å². The SMILES string of the molecule is CC1(F)CC(N)(C2CC2)C1. The minimum atomic E-state index is -0.947. The van der Waals surface area contributed by atoms with Crippen LogP contribution in [-0.2, 0) is 0 Å². The summed E-state index contributed by atoms with van der Waals surface area (Å²) in [5.74, 6) is 0.649. The van der Waals surface area contributed by atoms with Gasteiger partial charge in [0.2, 0.25) is 0 Å². The van der Waals surface area contributed by atoms with Gasteiger partial charge in [-0.1, -0.05) is 0 Å². The van der Waals surface area contributed by atoms with Crippen molar-refractivity contribution in [3.63, 3.8) is 0 Å². The second-order valence-electron chi connectivity index (χ2n) is 4.27. The molecule has 2 rings (SSSR count). The molecule has 0 aromatic heterocycles. The lowest BCUT2D eigenvalue weighted by molar-refractivity contribution is -0.00799. The van der Waals surface area contributed by atoms with Crippen LogP contribution in [0, 0.1) is 5.92 Å². The van der Waals surface area contributed by atoms with Gasteiger partial charge >= 0.3 is 0 Å². The maximum absolute atomic E-state index is 13.0. The summed E-state index contributed by atoms with van der Waals surface area (Å²) in [5, 5.41) is 0. The van der Waals surface area contributed by atoms with Crippen LogP contribution in [-0.4, -0.2) is 11.2 Å². The van der Waals surface area contributed by atoms with Crippen LogP contribution in [0.15, 0.2) is 0 Å². The Hall–Kier alpha value is -0.110. The Balaban J connectivity index is 1.97. The lowest BCUT2D eigenvalue weighted by Crippen LogP contribution is -2.60. The standard InChI is InChI=1S/C8H14FN/c1-7(9)4-8(10,5-7)6-2-3-6/h6H,2-5,10H2,1H3. The van der Waals surface area contributed by atoms with Gasteiger partial charge in [-0.3, -0.25) is 0 Å². The normalized spacial score (nSPS) is 54.3. The van der Waals surface area contributed by atoms with Crippen molar-refractivity contribution >= 4 is 0 Å². The Bertz CT molecular complexity index is 153. The molecule has 2 aliphatic rings. The van der Waals surface area contributed by atoms with E-state index >= 15 is 0 Å². The van der Waals surface area contributed by atoms with Gasteiger partial charge in [0.15, 0.2) is 0 Å². The highest BCUT2D eigenvalue weighted by Gasteiger charge is 2.56. The molecule has 10 heavy (non-hydrogen) atoms. The Morgan fingerprint density at radius 2 is 1.90 bits per heavy atom. The van der Waals surface area contributed by atoms with Crippen molar-refractivity contribution in [2.24, 2.45) is 11.7 Å². The number of alkyl halides is 1. The van der Waals surface area contributed by atoms with Crippen LogP contribution in [0.2, 0.25) is 0 Å². The molecule has 0 heterocycles. The summed E-state index contributed by atoms with van der Waals surface area (Å²) in [5.41, 5.74) is 4.89. The van der Waals surface area contributed by atoms with Gasteiger partial charge in [-0.25, -0.2) is 4.39 Å². The quantitative estimate of drug-likeness (QED) is 0.593. The molecule has 58 valence electrons. The fraction of sp³-hybridized carbons (Fsp3) is 1.00. The van der Waals surface area contributed by atoms with E-state index in [0.717, 1.165) is 0 Å². The summed E-state index contributed by atoms with van der Waals surface area (Å²) in [4.78, 5) is 0. The molecule has 0 saturated heterocycles. The third-order valence-electron chi connectivity index (χ3n) is 2.79. The zero-order valence-corrected chi connectivity index (χ0v) is 6.36. The Morgan fingerprint density at radius 1 is 1.40 bits per heavy atom. The van der Waals surface area contributed by atoms with Crippen molar-refractivity contribution in [1.82, 2.24) is 0 Å². The molecule has 0 aliphatic heterocycles. The van der Waals surface area contributed by atoms with Crippen molar-refractivity contribution in [1.29, 1.82) is 0 Å². The van der Waals surface area contributed by atoms with E-state index in [1.807, 2.05) is 0 Å². The zero-order valence-electron chi connectivity index (χ0n) is 6.36. The van der Waals surface area contributed by atoms with Crippen LogP contribution in [0.3, 0.4) is 0 Å². The summed E-state index contributed by atoms with van der Waals surface area (Å²) in [7, 11) is 0. The number of hydrogen-bond donors (Lipinski definition) is 1. The van der Waals surface area contributed by atoms with E-state index in [9.17, 15) is 4.39 Å². The molecule has 2 aliphatic carbocycles. The first kappa shape index (κ1) is 6.59. The predicted octanol–water partition coefficient (Wildman–Crippen LogP) is 1.62. The van der Waals surface area contributed by atoms with Crippen molar-refractivity contribution in [3.8, 4) is 0 Å². The highest BCUT2D eigenvalue weighted by Crippen LogP contribution is 2.54. The highest BCUT2D eigenvalue weighted by molar-refractivity contribution is 5.13. The second kappa shape index (κ2) is 1.55. The van der Waals surface area contributed by atoms with Crippen LogP contribution in [0.5, 0.6) is 0 Å². The first-order chi connectivity index (χ1) is 4.52. The van der Waals surface area contributed by atoms with Gasteiger partial charge in [0.1, 0.15) is 5.67 Å². The fourth-order valence-corrected chi connectivity index (χ4v) is 2.27. The van der Waals surface area contributed by atoms with Crippen molar-refractivity contribution in [3.05, 3.63) is 0 Å². The van der Waals surface area contributed by atoms with Gasteiger partial charge in [-0.2, -0.15) is 0 Å². The lowest BCUT2D eigenvalue weighted by atomic mass is 9.65. The summed E-state index contributed by atoms with van der Waals surface area (Å²) >= 11 is 0. The average Bonchev–Trinajstić information content (AvgIpc) is 2.34. The van der Waals surface area contributed by atoms with Gasteiger partial charge in [0, 0.05) is 5.54 Å². The molecule has 0 bridgehead atoms. The zero-order chi connectivity index (χ0) is 7.41. The Kier molecular flexibility index (Phi) is 1.02. The Labute approximate surface area is 60.8 Å². The monoisotopic (exact) mass is 143 g/mol. The molecule has 2 fully saturated rings. The summed E-state index contributed by atoms with van der Waals surface area (Å²) in [6.45, 7) is 1.65.